The van der Waals surface area contributed by atoms with Crippen LogP contribution in [0.3, 0.4) is 0 Å². The lowest BCUT2D eigenvalue weighted by atomic mass is 10.0. The van der Waals surface area contributed by atoms with Crippen molar-refractivity contribution < 1.29 is 0 Å². The average Bonchev–Trinajstić information content (AvgIpc) is 2.67. The van der Waals surface area contributed by atoms with Gasteiger partial charge in [-0.05, 0) is 43.0 Å². The van der Waals surface area contributed by atoms with Crippen LogP contribution in [0.15, 0.2) is 22.7 Å². The van der Waals surface area contributed by atoms with Gasteiger partial charge < -0.3 is 5.73 Å². The SMILES string of the molecule is Cc1cc(Br)cc(C2(N)CC2)c1. The number of hydrogen-bond acceptors (Lipinski definition) is 1. The molecule has 1 aliphatic carbocycles. The minimum absolute atomic E-state index is 0.00542. The summed E-state index contributed by atoms with van der Waals surface area (Å²) < 4.78 is 1.13. The summed E-state index contributed by atoms with van der Waals surface area (Å²) in [6, 6.07) is 6.41. The van der Waals surface area contributed by atoms with E-state index in [-0.39, 0.29) is 5.54 Å². The summed E-state index contributed by atoms with van der Waals surface area (Å²) in [5.74, 6) is 0. The van der Waals surface area contributed by atoms with Crippen LogP contribution in [0.2, 0.25) is 0 Å². The Morgan fingerprint density at radius 2 is 2.00 bits per heavy atom. The average molecular weight is 226 g/mol. The first-order valence-corrected chi connectivity index (χ1v) is 4.96. The van der Waals surface area contributed by atoms with Gasteiger partial charge in [-0.3, -0.25) is 0 Å². The Labute approximate surface area is 81.1 Å². The molecule has 0 radical (unpaired) electrons. The second kappa shape index (κ2) is 2.57. The summed E-state index contributed by atoms with van der Waals surface area (Å²) in [6.07, 6.45) is 2.26. The van der Waals surface area contributed by atoms with E-state index in [4.69, 9.17) is 5.73 Å². The van der Waals surface area contributed by atoms with Crippen LogP contribution in [0.25, 0.3) is 0 Å². The zero-order valence-electron chi connectivity index (χ0n) is 7.10. The number of rotatable bonds is 1. The Morgan fingerprint density at radius 1 is 1.33 bits per heavy atom. The van der Waals surface area contributed by atoms with Crippen molar-refractivity contribution in [3.63, 3.8) is 0 Å². The van der Waals surface area contributed by atoms with Crippen LogP contribution >= 0.6 is 15.9 Å². The monoisotopic (exact) mass is 225 g/mol. The minimum atomic E-state index is -0.00542. The van der Waals surface area contributed by atoms with Gasteiger partial charge in [-0.25, -0.2) is 0 Å². The highest BCUT2D eigenvalue weighted by molar-refractivity contribution is 9.10. The van der Waals surface area contributed by atoms with Crippen molar-refractivity contribution in [1.29, 1.82) is 0 Å². The molecule has 2 rings (SSSR count). The molecular weight excluding hydrogens is 214 g/mol. The van der Waals surface area contributed by atoms with Gasteiger partial charge in [0.05, 0.1) is 0 Å². The lowest BCUT2D eigenvalue weighted by molar-refractivity contribution is 0.738. The highest BCUT2D eigenvalue weighted by Crippen LogP contribution is 2.43. The van der Waals surface area contributed by atoms with E-state index in [2.05, 4.69) is 41.1 Å². The van der Waals surface area contributed by atoms with Gasteiger partial charge in [-0.2, -0.15) is 0 Å². The van der Waals surface area contributed by atoms with Crippen molar-refractivity contribution in [3.8, 4) is 0 Å². The van der Waals surface area contributed by atoms with E-state index in [1.807, 2.05) is 0 Å². The van der Waals surface area contributed by atoms with E-state index in [1.54, 1.807) is 0 Å². The maximum atomic E-state index is 6.08. The van der Waals surface area contributed by atoms with E-state index in [0.717, 1.165) is 17.3 Å². The van der Waals surface area contributed by atoms with E-state index >= 15 is 0 Å². The highest BCUT2D eigenvalue weighted by Gasteiger charge is 2.39. The molecular formula is C10H12BrN. The Hall–Kier alpha value is -0.340. The molecule has 0 aliphatic heterocycles. The van der Waals surface area contributed by atoms with Crippen LogP contribution in [-0.4, -0.2) is 0 Å². The summed E-state index contributed by atoms with van der Waals surface area (Å²) in [6.45, 7) is 2.10. The molecule has 0 unspecified atom stereocenters. The molecule has 0 saturated heterocycles. The molecule has 1 fully saturated rings. The Bertz CT molecular complexity index is 295. The molecule has 1 nitrogen and oxygen atoms in total. The molecule has 2 N–H and O–H groups in total. The number of hydrogen-bond donors (Lipinski definition) is 1. The summed E-state index contributed by atoms with van der Waals surface area (Å²) in [4.78, 5) is 0. The first-order chi connectivity index (χ1) is 5.60. The second-order valence-corrected chi connectivity index (χ2v) is 4.59. The normalized spacial score (nSPS) is 19.2. The first-order valence-electron chi connectivity index (χ1n) is 4.17. The zero-order valence-corrected chi connectivity index (χ0v) is 8.69. The molecule has 1 saturated carbocycles. The molecule has 2 heteroatoms. The van der Waals surface area contributed by atoms with Crippen molar-refractivity contribution >= 4 is 15.9 Å². The molecule has 1 aliphatic rings. The lowest BCUT2D eigenvalue weighted by Crippen LogP contribution is -2.18. The summed E-state index contributed by atoms with van der Waals surface area (Å²) in [5.41, 5.74) is 8.63. The minimum Gasteiger partial charge on any atom is -0.321 e. The standard InChI is InChI=1S/C10H12BrN/c1-7-4-8(6-9(11)5-7)10(12)2-3-10/h4-6H,2-3,12H2,1H3. The van der Waals surface area contributed by atoms with Crippen LogP contribution in [-0.2, 0) is 5.54 Å². The number of benzene rings is 1. The van der Waals surface area contributed by atoms with Crippen molar-refractivity contribution in [1.82, 2.24) is 0 Å². The molecule has 0 heterocycles. The molecule has 1 aromatic carbocycles. The van der Waals surface area contributed by atoms with Crippen LogP contribution in [0.5, 0.6) is 0 Å². The summed E-state index contributed by atoms with van der Waals surface area (Å²) >= 11 is 3.48. The van der Waals surface area contributed by atoms with E-state index < -0.39 is 0 Å². The Kier molecular flexibility index (Phi) is 1.77. The summed E-state index contributed by atoms with van der Waals surface area (Å²) in [5, 5.41) is 0. The maximum absolute atomic E-state index is 6.08. The third kappa shape index (κ3) is 1.41. The van der Waals surface area contributed by atoms with Crippen LogP contribution < -0.4 is 5.73 Å². The molecule has 0 amide bonds. The molecule has 1 aromatic rings. The number of halogens is 1. The highest BCUT2D eigenvalue weighted by atomic mass is 79.9. The molecule has 0 bridgehead atoms. The number of nitrogens with two attached hydrogens (primary N) is 1. The van der Waals surface area contributed by atoms with Gasteiger partial charge in [0.1, 0.15) is 0 Å². The van der Waals surface area contributed by atoms with Crippen molar-refractivity contribution in [3.05, 3.63) is 33.8 Å². The quantitative estimate of drug-likeness (QED) is 0.782. The van der Waals surface area contributed by atoms with Gasteiger partial charge in [-0.15, -0.1) is 0 Å². The predicted octanol–water partition coefficient (Wildman–Crippen LogP) is 2.71. The van der Waals surface area contributed by atoms with Gasteiger partial charge in [0.2, 0.25) is 0 Å². The second-order valence-electron chi connectivity index (χ2n) is 3.67. The molecule has 0 spiro atoms. The zero-order chi connectivity index (χ0) is 8.77. The topological polar surface area (TPSA) is 26.0 Å². The fourth-order valence-corrected chi connectivity index (χ4v) is 2.05. The molecule has 0 atom stereocenters. The smallest absolute Gasteiger partial charge is 0.0411 e. The van der Waals surface area contributed by atoms with Crippen molar-refractivity contribution in [2.24, 2.45) is 5.73 Å². The first kappa shape index (κ1) is 8.27. The van der Waals surface area contributed by atoms with Gasteiger partial charge in [0, 0.05) is 10.0 Å². The van der Waals surface area contributed by atoms with Crippen molar-refractivity contribution in [2.75, 3.05) is 0 Å². The third-order valence-corrected chi connectivity index (χ3v) is 2.86. The number of aryl methyl sites for hydroxylation is 1. The van der Waals surface area contributed by atoms with Crippen molar-refractivity contribution in [2.45, 2.75) is 25.3 Å². The van der Waals surface area contributed by atoms with Crippen LogP contribution in [0.4, 0.5) is 0 Å². The van der Waals surface area contributed by atoms with Crippen LogP contribution in [0, 0.1) is 6.92 Å². The maximum Gasteiger partial charge on any atom is 0.0411 e. The fraction of sp³-hybridized carbons (Fsp3) is 0.400. The predicted molar refractivity (Wildman–Crippen MR) is 54.0 cm³/mol. The van der Waals surface area contributed by atoms with E-state index in [0.29, 0.717) is 0 Å². The van der Waals surface area contributed by atoms with Gasteiger partial charge in [0.25, 0.3) is 0 Å². The lowest BCUT2D eigenvalue weighted by Gasteiger charge is -2.10. The molecule has 12 heavy (non-hydrogen) atoms. The Morgan fingerprint density at radius 3 is 2.50 bits per heavy atom. The fourth-order valence-electron chi connectivity index (χ4n) is 1.45. The van der Waals surface area contributed by atoms with Crippen LogP contribution in [0.1, 0.15) is 24.0 Å². The van der Waals surface area contributed by atoms with Gasteiger partial charge >= 0.3 is 0 Å². The van der Waals surface area contributed by atoms with Gasteiger partial charge in [0.15, 0.2) is 0 Å². The Balaban J connectivity index is 2.44. The summed E-state index contributed by atoms with van der Waals surface area (Å²) in [7, 11) is 0. The van der Waals surface area contributed by atoms with E-state index in [1.165, 1.54) is 11.1 Å². The third-order valence-electron chi connectivity index (χ3n) is 2.41. The largest absolute Gasteiger partial charge is 0.321 e. The van der Waals surface area contributed by atoms with Gasteiger partial charge in [-0.1, -0.05) is 22.0 Å². The molecule has 0 aromatic heterocycles. The molecule has 64 valence electrons. The van der Waals surface area contributed by atoms with E-state index in [9.17, 15) is 0 Å².